The molecule has 2 aliphatic carbocycles. The summed E-state index contributed by atoms with van der Waals surface area (Å²) < 4.78 is 0. The third kappa shape index (κ3) is 2.29. The van der Waals surface area contributed by atoms with E-state index in [0.717, 1.165) is 18.5 Å². The molecule has 0 aromatic carbocycles. The molecule has 3 N–H and O–H groups in total. The van der Waals surface area contributed by atoms with Crippen LogP contribution in [0.2, 0.25) is 0 Å². The lowest BCUT2D eigenvalue weighted by atomic mass is 9.75. The molecule has 2 rings (SSSR count). The van der Waals surface area contributed by atoms with E-state index in [4.69, 9.17) is 5.73 Å². The number of hydrogen-bond acceptors (Lipinski definition) is 2. The largest absolute Gasteiger partial charge is 0.329 e. The van der Waals surface area contributed by atoms with Crippen LogP contribution in [0.4, 0.5) is 0 Å². The summed E-state index contributed by atoms with van der Waals surface area (Å²) >= 11 is 0. The van der Waals surface area contributed by atoms with Gasteiger partial charge >= 0.3 is 0 Å². The Hall–Kier alpha value is -0.0800. The summed E-state index contributed by atoms with van der Waals surface area (Å²) in [6.07, 6.45) is 9.47. The van der Waals surface area contributed by atoms with Gasteiger partial charge in [-0.05, 0) is 44.4 Å². The zero-order valence-corrected chi connectivity index (χ0v) is 9.39. The fraction of sp³-hybridized carbons (Fsp3) is 1.00. The molecule has 2 aliphatic rings. The van der Waals surface area contributed by atoms with Crippen LogP contribution in [0.15, 0.2) is 0 Å². The van der Waals surface area contributed by atoms with Gasteiger partial charge in [0.1, 0.15) is 0 Å². The van der Waals surface area contributed by atoms with Gasteiger partial charge in [-0.2, -0.15) is 0 Å². The smallest absolute Gasteiger partial charge is 0.0306 e. The third-order valence-corrected chi connectivity index (χ3v) is 4.12. The van der Waals surface area contributed by atoms with Gasteiger partial charge in [0, 0.05) is 18.1 Å². The second-order valence-corrected chi connectivity index (χ2v) is 5.25. The Bertz CT molecular complexity index is 179. The fourth-order valence-corrected chi connectivity index (χ4v) is 2.71. The van der Waals surface area contributed by atoms with Gasteiger partial charge in [-0.3, -0.25) is 0 Å². The predicted octanol–water partition coefficient (Wildman–Crippen LogP) is 2.04. The molecule has 0 saturated heterocycles. The average Bonchev–Trinajstić information content (AvgIpc) is 3.03. The van der Waals surface area contributed by atoms with E-state index in [1.807, 2.05) is 0 Å². The molecule has 2 fully saturated rings. The Labute approximate surface area is 87.6 Å². The highest BCUT2D eigenvalue weighted by Gasteiger charge is 2.37. The third-order valence-electron chi connectivity index (χ3n) is 4.12. The van der Waals surface area contributed by atoms with Crippen LogP contribution in [0.25, 0.3) is 0 Å². The molecule has 0 aromatic heterocycles. The fourth-order valence-electron chi connectivity index (χ4n) is 2.71. The Morgan fingerprint density at radius 3 is 2.29 bits per heavy atom. The second kappa shape index (κ2) is 4.19. The van der Waals surface area contributed by atoms with Crippen LogP contribution in [0, 0.1) is 5.92 Å². The molecule has 0 spiro atoms. The SMILES string of the molecule is CCC1CCC(CN)(NC2CC2)CC1. The van der Waals surface area contributed by atoms with E-state index in [1.165, 1.54) is 44.9 Å². The highest BCUT2D eigenvalue weighted by molar-refractivity contribution is 4.98. The highest BCUT2D eigenvalue weighted by Crippen LogP contribution is 2.35. The first-order chi connectivity index (χ1) is 6.78. The quantitative estimate of drug-likeness (QED) is 0.722. The molecular weight excluding hydrogens is 172 g/mol. The summed E-state index contributed by atoms with van der Waals surface area (Å²) in [6, 6.07) is 0.803. The van der Waals surface area contributed by atoms with Crippen molar-refractivity contribution in [2.24, 2.45) is 11.7 Å². The minimum atomic E-state index is 0.312. The summed E-state index contributed by atoms with van der Waals surface area (Å²) in [6.45, 7) is 3.15. The Kier molecular flexibility index (Phi) is 3.13. The topological polar surface area (TPSA) is 38.0 Å². The maximum Gasteiger partial charge on any atom is 0.0306 e. The Morgan fingerprint density at radius 2 is 1.86 bits per heavy atom. The van der Waals surface area contributed by atoms with Crippen molar-refractivity contribution in [3.8, 4) is 0 Å². The minimum absolute atomic E-state index is 0.312. The molecule has 0 aromatic rings. The summed E-state index contributed by atoms with van der Waals surface area (Å²) in [5.74, 6) is 0.968. The predicted molar refractivity (Wildman–Crippen MR) is 60.2 cm³/mol. The molecule has 0 aliphatic heterocycles. The van der Waals surface area contributed by atoms with E-state index in [1.54, 1.807) is 0 Å². The van der Waals surface area contributed by atoms with Crippen LogP contribution in [-0.2, 0) is 0 Å². The van der Waals surface area contributed by atoms with Crippen molar-refractivity contribution in [2.45, 2.75) is 63.5 Å². The molecule has 0 heterocycles. The zero-order valence-electron chi connectivity index (χ0n) is 9.39. The van der Waals surface area contributed by atoms with Gasteiger partial charge in [0.05, 0.1) is 0 Å². The first-order valence-electron chi connectivity index (χ1n) is 6.26. The van der Waals surface area contributed by atoms with Crippen molar-refractivity contribution in [2.75, 3.05) is 6.54 Å². The molecule has 82 valence electrons. The van der Waals surface area contributed by atoms with Crippen molar-refractivity contribution in [3.05, 3.63) is 0 Å². The normalized spacial score (nSPS) is 38.6. The number of nitrogens with two attached hydrogens (primary N) is 1. The molecule has 2 saturated carbocycles. The summed E-state index contributed by atoms with van der Waals surface area (Å²) in [7, 11) is 0. The van der Waals surface area contributed by atoms with Crippen LogP contribution in [-0.4, -0.2) is 18.1 Å². The lowest BCUT2D eigenvalue weighted by Gasteiger charge is -2.40. The molecule has 0 amide bonds. The van der Waals surface area contributed by atoms with Crippen molar-refractivity contribution in [1.29, 1.82) is 0 Å². The molecule has 0 radical (unpaired) electrons. The summed E-state index contributed by atoms with van der Waals surface area (Å²) in [5.41, 5.74) is 6.25. The van der Waals surface area contributed by atoms with Crippen LogP contribution < -0.4 is 11.1 Å². The van der Waals surface area contributed by atoms with E-state index >= 15 is 0 Å². The molecule has 0 atom stereocenters. The Morgan fingerprint density at radius 1 is 1.21 bits per heavy atom. The first kappa shape index (κ1) is 10.4. The molecule has 2 heteroatoms. The van der Waals surface area contributed by atoms with E-state index < -0.39 is 0 Å². The molecule has 0 bridgehead atoms. The summed E-state index contributed by atoms with van der Waals surface area (Å²) in [4.78, 5) is 0. The Balaban J connectivity index is 1.86. The highest BCUT2D eigenvalue weighted by atomic mass is 15.1. The van der Waals surface area contributed by atoms with Crippen molar-refractivity contribution >= 4 is 0 Å². The number of hydrogen-bond donors (Lipinski definition) is 2. The minimum Gasteiger partial charge on any atom is -0.329 e. The van der Waals surface area contributed by atoms with E-state index in [0.29, 0.717) is 5.54 Å². The van der Waals surface area contributed by atoms with Crippen LogP contribution >= 0.6 is 0 Å². The molecular formula is C12H24N2. The van der Waals surface area contributed by atoms with E-state index in [2.05, 4.69) is 12.2 Å². The average molecular weight is 196 g/mol. The van der Waals surface area contributed by atoms with Crippen LogP contribution in [0.1, 0.15) is 51.9 Å². The van der Waals surface area contributed by atoms with Crippen LogP contribution in [0.3, 0.4) is 0 Å². The number of rotatable bonds is 4. The lowest BCUT2D eigenvalue weighted by Crippen LogP contribution is -2.54. The number of nitrogens with one attached hydrogen (secondary N) is 1. The van der Waals surface area contributed by atoms with E-state index in [-0.39, 0.29) is 0 Å². The van der Waals surface area contributed by atoms with Crippen LogP contribution in [0.5, 0.6) is 0 Å². The van der Waals surface area contributed by atoms with E-state index in [9.17, 15) is 0 Å². The molecule has 2 nitrogen and oxygen atoms in total. The standard InChI is InChI=1S/C12H24N2/c1-2-10-5-7-12(9-13,8-6-10)14-11-3-4-11/h10-11,14H,2-9,13H2,1H3. The van der Waals surface area contributed by atoms with Crippen molar-refractivity contribution in [1.82, 2.24) is 5.32 Å². The van der Waals surface area contributed by atoms with Gasteiger partial charge in [0.25, 0.3) is 0 Å². The van der Waals surface area contributed by atoms with Gasteiger partial charge in [-0.1, -0.05) is 13.3 Å². The maximum absolute atomic E-state index is 5.94. The van der Waals surface area contributed by atoms with Gasteiger partial charge in [0.2, 0.25) is 0 Å². The maximum atomic E-state index is 5.94. The van der Waals surface area contributed by atoms with Gasteiger partial charge in [-0.25, -0.2) is 0 Å². The zero-order chi connectivity index (χ0) is 10.0. The second-order valence-electron chi connectivity index (χ2n) is 5.25. The molecule has 14 heavy (non-hydrogen) atoms. The van der Waals surface area contributed by atoms with Crippen molar-refractivity contribution < 1.29 is 0 Å². The first-order valence-corrected chi connectivity index (χ1v) is 6.26. The van der Waals surface area contributed by atoms with Gasteiger partial charge in [-0.15, -0.1) is 0 Å². The van der Waals surface area contributed by atoms with Gasteiger partial charge in [0.15, 0.2) is 0 Å². The van der Waals surface area contributed by atoms with Gasteiger partial charge < -0.3 is 11.1 Å². The monoisotopic (exact) mass is 196 g/mol. The summed E-state index contributed by atoms with van der Waals surface area (Å²) in [5, 5.41) is 3.78. The van der Waals surface area contributed by atoms with Crippen molar-refractivity contribution in [3.63, 3.8) is 0 Å². The lowest BCUT2D eigenvalue weighted by molar-refractivity contribution is 0.189. The molecule has 0 unspecified atom stereocenters.